The Morgan fingerprint density at radius 1 is 1.22 bits per heavy atom. The summed E-state index contributed by atoms with van der Waals surface area (Å²) in [5, 5.41) is 15.7. The normalized spacial score (nSPS) is 10.9. The topological polar surface area (TPSA) is 108 Å². The number of hydrogen-bond donors (Lipinski definition) is 1. The molecule has 0 saturated carbocycles. The minimum Gasteiger partial charge on any atom is -0.461 e. The molecular formula is C17H15N7O2S. The Labute approximate surface area is 158 Å². The van der Waals surface area contributed by atoms with Gasteiger partial charge in [0.2, 0.25) is 10.1 Å². The van der Waals surface area contributed by atoms with Crippen LogP contribution in [0.5, 0.6) is 0 Å². The number of nitrogens with zero attached hydrogens (tertiary/aromatic N) is 6. The number of aryl methyl sites for hydroxylation is 1. The van der Waals surface area contributed by atoms with Crippen LogP contribution < -0.4 is 5.32 Å². The van der Waals surface area contributed by atoms with Crippen molar-refractivity contribution >= 4 is 39.3 Å². The number of hydrogen-bond acceptors (Lipinski definition) is 9. The molecule has 0 fully saturated rings. The molecule has 0 amide bonds. The van der Waals surface area contributed by atoms with Gasteiger partial charge in [0.1, 0.15) is 5.82 Å². The highest BCUT2D eigenvalue weighted by Crippen LogP contribution is 2.24. The number of carbonyl (C=O) groups is 1. The second-order valence-electron chi connectivity index (χ2n) is 5.62. The van der Waals surface area contributed by atoms with Gasteiger partial charge in [0.15, 0.2) is 0 Å². The summed E-state index contributed by atoms with van der Waals surface area (Å²) in [5.74, 6) is 0.0963. The van der Waals surface area contributed by atoms with E-state index in [4.69, 9.17) is 4.74 Å². The Kier molecular flexibility index (Phi) is 4.47. The number of anilines is 2. The molecule has 10 heteroatoms. The maximum absolute atomic E-state index is 11.7. The van der Waals surface area contributed by atoms with E-state index < -0.39 is 5.97 Å². The first kappa shape index (κ1) is 17.0. The molecule has 0 saturated heterocycles. The van der Waals surface area contributed by atoms with E-state index in [-0.39, 0.29) is 5.01 Å². The zero-order chi connectivity index (χ0) is 18.8. The van der Waals surface area contributed by atoms with Crippen molar-refractivity contribution in [3.8, 4) is 11.1 Å². The standard InChI is InChI=1S/C17H15N7O2S/c1-3-26-16(25)15-22-23-17(27-15)21-14-5-4-12-13(20-14)6-10(7-18-12)11-8-19-24(2)9-11/h4-9H,3H2,1-2H3,(H,20,21,23). The van der Waals surface area contributed by atoms with Crippen LogP contribution >= 0.6 is 11.3 Å². The van der Waals surface area contributed by atoms with Gasteiger partial charge >= 0.3 is 5.97 Å². The number of fused-ring (bicyclic) bond motifs is 1. The molecule has 4 heterocycles. The lowest BCUT2D eigenvalue weighted by Gasteiger charge is -2.04. The second-order valence-corrected chi connectivity index (χ2v) is 6.60. The molecule has 0 bridgehead atoms. The van der Waals surface area contributed by atoms with Gasteiger partial charge in [-0.15, -0.1) is 10.2 Å². The third-order valence-corrected chi connectivity index (χ3v) is 4.50. The van der Waals surface area contributed by atoms with Crippen molar-refractivity contribution in [2.75, 3.05) is 11.9 Å². The lowest BCUT2D eigenvalue weighted by Crippen LogP contribution is -2.03. The van der Waals surface area contributed by atoms with Gasteiger partial charge in [0, 0.05) is 30.6 Å². The average Bonchev–Trinajstić information content (AvgIpc) is 3.30. The molecule has 0 spiro atoms. The molecule has 0 aromatic carbocycles. The molecule has 4 aromatic rings. The maximum Gasteiger partial charge on any atom is 0.369 e. The van der Waals surface area contributed by atoms with Gasteiger partial charge in [-0.3, -0.25) is 9.67 Å². The Morgan fingerprint density at radius 2 is 2.11 bits per heavy atom. The van der Waals surface area contributed by atoms with E-state index in [2.05, 4.69) is 30.6 Å². The third kappa shape index (κ3) is 3.60. The highest BCUT2D eigenvalue weighted by atomic mass is 32.1. The Hall–Kier alpha value is -3.40. The van der Waals surface area contributed by atoms with Crippen LogP contribution in [0.15, 0.2) is 36.8 Å². The van der Waals surface area contributed by atoms with Crippen molar-refractivity contribution in [1.29, 1.82) is 0 Å². The molecule has 0 unspecified atom stereocenters. The van der Waals surface area contributed by atoms with E-state index in [0.29, 0.717) is 17.6 Å². The molecule has 4 aromatic heterocycles. The predicted octanol–water partition coefficient (Wildman–Crippen LogP) is 2.80. The number of esters is 1. The summed E-state index contributed by atoms with van der Waals surface area (Å²) in [6.07, 6.45) is 5.50. The van der Waals surface area contributed by atoms with Crippen LogP contribution in [-0.2, 0) is 11.8 Å². The minimum absolute atomic E-state index is 0.195. The summed E-state index contributed by atoms with van der Waals surface area (Å²) in [5.41, 5.74) is 3.41. The minimum atomic E-state index is -0.486. The predicted molar refractivity (Wildman–Crippen MR) is 101 cm³/mol. The molecule has 0 aliphatic carbocycles. The number of aromatic nitrogens is 6. The van der Waals surface area contributed by atoms with Crippen molar-refractivity contribution in [2.45, 2.75) is 6.92 Å². The zero-order valence-electron chi connectivity index (χ0n) is 14.6. The van der Waals surface area contributed by atoms with Gasteiger partial charge in [-0.1, -0.05) is 11.3 Å². The monoisotopic (exact) mass is 381 g/mol. The number of carbonyl (C=O) groups excluding carboxylic acids is 1. The fraction of sp³-hybridized carbons (Fsp3) is 0.176. The summed E-state index contributed by atoms with van der Waals surface area (Å²) in [7, 11) is 1.87. The van der Waals surface area contributed by atoms with E-state index in [0.717, 1.165) is 33.5 Å². The Balaban J connectivity index is 1.60. The highest BCUT2D eigenvalue weighted by molar-refractivity contribution is 7.17. The average molecular weight is 381 g/mol. The third-order valence-electron chi connectivity index (χ3n) is 3.69. The van der Waals surface area contributed by atoms with E-state index >= 15 is 0 Å². The molecular weight excluding hydrogens is 366 g/mol. The molecule has 0 atom stereocenters. The van der Waals surface area contributed by atoms with Crippen LogP contribution in [0, 0.1) is 0 Å². The van der Waals surface area contributed by atoms with Gasteiger partial charge in [-0.05, 0) is 25.1 Å². The molecule has 136 valence electrons. The van der Waals surface area contributed by atoms with Gasteiger partial charge in [0.25, 0.3) is 0 Å². The number of pyridine rings is 2. The van der Waals surface area contributed by atoms with Gasteiger partial charge in [-0.25, -0.2) is 9.78 Å². The van der Waals surface area contributed by atoms with Crippen LogP contribution in [0.2, 0.25) is 0 Å². The van der Waals surface area contributed by atoms with Crippen LogP contribution in [0.1, 0.15) is 16.7 Å². The molecule has 27 heavy (non-hydrogen) atoms. The van der Waals surface area contributed by atoms with Crippen molar-refractivity contribution < 1.29 is 9.53 Å². The van der Waals surface area contributed by atoms with E-state index in [9.17, 15) is 4.79 Å². The largest absolute Gasteiger partial charge is 0.461 e. The smallest absolute Gasteiger partial charge is 0.369 e. The fourth-order valence-electron chi connectivity index (χ4n) is 2.46. The van der Waals surface area contributed by atoms with Crippen LogP contribution in [0.4, 0.5) is 10.9 Å². The molecule has 1 N–H and O–H groups in total. The SMILES string of the molecule is CCOC(=O)c1nnc(Nc2ccc3ncc(-c4cnn(C)c4)cc3n2)s1. The summed E-state index contributed by atoms with van der Waals surface area (Å²) in [6, 6.07) is 5.62. The molecule has 4 rings (SSSR count). The second kappa shape index (κ2) is 7.08. The highest BCUT2D eigenvalue weighted by Gasteiger charge is 2.14. The Morgan fingerprint density at radius 3 is 2.89 bits per heavy atom. The van der Waals surface area contributed by atoms with Crippen molar-refractivity contribution in [2.24, 2.45) is 7.05 Å². The lowest BCUT2D eigenvalue weighted by molar-refractivity contribution is 0.0525. The van der Waals surface area contributed by atoms with E-state index in [1.165, 1.54) is 0 Å². The van der Waals surface area contributed by atoms with Gasteiger partial charge in [0.05, 0.1) is 23.8 Å². The molecule has 0 radical (unpaired) electrons. The first-order valence-corrected chi connectivity index (χ1v) is 8.97. The first-order chi connectivity index (χ1) is 13.1. The van der Waals surface area contributed by atoms with Crippen molar-refractivity contribution in [1.82, 2.24) is 29.9 Å². The summed E-state index contributed by atoms with van der Waals surface area (Å²) in [4.78, 5) is 20.7. The fourth-order valence-corrected chi connectivity index (χ4v) is 3.11. The van der Waals surface area contributed by atoms with Gasteiger partial charge in [-0.2, -0.15) is 5.10 Å². The number of ether oxygens (including phenoxy) is 1. The quantitative estimate of drug-likeness (QED) is 0.526. The van der Waals surface area contributed by atoms with E-state index in [1.807, 2.05) is 25.4 Å². The Bertz CT molecular complexity index is 1120. The first-order valence-electron chi connectivity index (χ1n) is 8.16. The molecule has 0 aliphatic heterocycles. The summed E-state index contributed by atoms with van der Waals surface area (Å²) in [6.45, 7) is 2.03. The number of rotatable bonds is 5. The zero-order valence-corrected chi connectivity index (χ0v) is 15.4. The summed E-state index contributed by atoms with van der Waals surface area (Å²) >= 11 is 1.11. The van der Waals surface area contributed by atoms with Gasteiger partial charge < -0.3 is 10.1 Å². The van der Waals surface area contributed by atoms with Crippen LogP contribution in [0.25, 0.3) is 22.2 Å². The molecule has 0 aliphatic rings. The van der Waals surface area contributed by atoms with Crippen LogP contribution in [-0.4, -0.2) is 42.5 Å². The van der Waals surface area contributed by atoms with Crippen molar-refractivity contribution in [3.05, 3.63) is 41.8 Å². The number of nitrogens with one attached hydrogen (secondary N) is 1. The summed E-state index contributed by atoms with van der Waals surface area (Å²) < 4.78 is 6.65. The maximum atomic E-state index is 11.7. The van der Waals surface area contributed by atoms with E-state index in [1.54, 1.807) is 30.1 Å². The molecule has 9 nitrogen and oxygen atoms in total. The van der Waals surface area contributed by atoms with Crippen molar-refractivity contribution in [3.63, 3.8) is 0 Å². The van der Waals surface area contributed by atoms with Crippen LogP contribution in [0.3, 0.4) is 0 Å². The lowest BCUT2D eigenvalue weighted by atomic mass is 10.1.